The molecule has 2 heteroatoms. The molecule has 78 valence electrons. The smallest absolute Gasteiger partial charge is 0.00723 e. The number of hydrogen-bond donors (Lipinski definition) is 2. The van der Waals surface area contributed by atoms with E-state index in [1.54, 1.807) is 0 Å². The Balaban J connectivity index is 2.04. The molecule has 0 heterocycles. The van der Waals surface area contributed by atoms with Crippen molar-refractivity contribution in [3.8, 4) is 0 Å². The van der Waals surface area contributed by atoms with E-state index in [-0.39, 0.29) is 0 Å². The van der Waals surface area contributed by atoms with Gasteiger partial charge in [-0.2, -0.15) is 0 Å². The zero-order valence-corrected chi connectivity index (χ0v) is 9.10. The molecule has 0 aromatic carbocycles. The minimum Gasteiger partial charge on any atom is -0.330 e. The van der Waals surface area contributed by atoms with E-state index in [4.69, 9.17) is 5.73 Å². The normalized spacial score (nSPS) is 26.5. The third kappa shape index (κ3) is 4.10. The Bertz CT molecular complexity index is 143. The molecular formula is C11H24N2. The van der Waals surface area contributed by atoms with E-state index in [0.717, 1.165) is 25.6 Å². The van der Waals surface area contributed by atoms with E-state index in [1.807, 2.05) is 0 Å². The highest BCUT2D eigenvalue weighted by molar-refractivity contribution is 4.86. The molecule has 1 rings (SSSR count). The van der Waals surface area contributed by atoms with Gasteiger partial charge in [0.25, 0.3) is 0 Å². The molecule has 1 unspecified atom stereocenters. The molecule has 0 spiro atoms. The van der Waals surface area contributed by atoms with Gasteiger partial charge in [-0.05, 0) is 50.6 Å². The standard InChI is InChI=1S/C11H24N2/c1-11(2)6-5-10(9-11)13-8-4-3-7-12/h10,13H,3-9,12H2,1-2H3. The van der Waals surface area contributed by atoms with Gasteiger partial charge >= 0.3 is 0 Å². The van der Waals surface area contributed by atoms with Crippen molar-refractivity contribution in [2.45, 2.75) is 52.0 Å². The van der Waals surface area contributed by atoms with Gasteiger partial charge in [0, 0.05) is 6.04 Å². The maximum Gasteiger partial charge on any atom is 0.00723 e. The average Bonchev–Trinajstić information content (AvgIpc) is 2.40. The molecule has 1 aliphatic rings. The fourth-order valence-corrected chi connectivity index (χ4v) is 2.19. The largest absolute Gasteiger partial charge is 0.330 e. The van der Waals surface area contributed by atoms with Crippen molar-refractivity contribution in [1.82, 2.24) is 5.32 Å². The Kier molecular flexibility index (Phi) is 4.20. The summed E-state index contributed by atoms with van der Waals surface area (Å²) in [6.07, 6.45) is 6.46. The first kappa shape index (κ1) is 11.0. The highest BCUT2D eigenvalue weighted by Gasteiger charge is 2.29. The summed E-state index contributed by atoms with van der Waals surface area (Å²) in [5.74, 6) is 0. The second-order valence-corrected chi connectivity index (χ2v) is 5.05. The van der Waals surface area contributed by atoms with Crippen LogP contribution in [0.4, 0.5) is 0 Å². The van der Waals surface area contributed by atoms with Gasteiger partial charge in [0.15, 0.2) is 0 Å². The quantitative estimate of drug-likeness (QED) is 0.640. The molecule has 1 fully saturated rings. The van der Waals surface area contributed by atoms with Crippen molar-refractivity contribution >= 4 is 0 Å². The molecule has 1 aliphatic carbocycles. The maximum atomic E-state index is 5.44. The van der Waals surface area contributed by atoms with Gasteiger partial charge in [0.05, 0.1) is 0 Å². The topological polar surface area (TPSA) is 38.0 Å². The zero-order valence-electron chi connectivity index (χ0n) is 9.10. The van der Waals surface area contributed by atoms with Crippen LogP contribution in [-0.2, 0) is 0 Å². The molecule has 1 atom stereocenters. The number of rotatable bonds is 5. The van der Waals surface area contributed by atoms with Crippen molar-refractivity contribution in [3.05, 3.63) is 0 Å². The highest BCUT2D eigenvalue weighted by atomic mass is 14.9. The summed E-state index contributed by atoms with van der Waals surface area (Å²) in [5.41, 5.74) is 6.01. The van der Waals surface area contributed by atoms with Gasteiger partial charge in [-0.15, -0.1) is 0 Å². The summed E-state index contributed by atoms with van der Waals surface area (Å²) in [7, 11) is 0. The molecule has 3 N–H and O–H groups in total. The van der Waals surface area contributed by atoms with Gasteiger partial charge < -0.3 is 11.1 Å². The predicted octanol–water partition coefficient (Wildman–Crippen LogP) is 1.89. The first-order valence-corrected chi connectivity index (χ1v) is 5.57. The number of nitrogens with one attached hydrogen (secondary N) is 1. The Labute approximate surface area is 82.3 Å². The van der Waals surface area contributed by atoms with E-state index in [0.29, 0.717) is 5.41 Å². The van der Waals surface area contributed by atoms with Crippen LogP contribution < -0.4 is 11.1 Å². The van der Waals surface area contributed by atoms with Crippen molar-refractivity contribution < 1.29 is 0 Å². The summed E-state index contributed by atoms with van der Waals surface area (Å²) in [4.78, 5) is 0. The van der Waals surface area contributed by atoms with Crippen molar-refractivity contribution in [3.63, 3.8) is 0 Å². The Morgan fingerprint density at radius 1 is 1.38 bits per heavy atom. The monoisotopic (exact) mass is 184 g/mol. The second-order valence-electron chi connectivity index (χ2n) is 5.05. The molecular weight excluding hydrogens is 160 g/mol. The minimum absolute atomic E-state index is 0.575. The van der Waals surface area contributed by atoms with Crippen LogP contribution in [0.5, 0.6) is 0 Å². The maximum absolute atomic E-state index is 5.44. The van der Waals surface area contributed by atoms with Crippen LogP contribution in [0.2, 0.25) is 0 Å². The average molecular weight is 184 g/mol. The third-order valence-electron chi connectivity index (χ3n) is 3.03. The van der Waals surface area contributed by atoms with Crippen LogP contribution in [0.25, 0.3) is 0 Å². The fraction of sp³-hybridized carbons (Fsp3) is 1.00. The molecule has 0 saturated heterocycles. The molecule has 0 aliphatic heterocycles. The van der Waals surface area contributed by atoms with E-state index < -0.39 is 0 Å². The number of unbranched alkanes of at least 4 members (excludes halogenated alkanes) is 1. The van der Waals surface area contributed by atoms with Crippen molar-refractivity contribution in [1.29, 1.82) is 0 Å². The van der Waals surface area contributed by atoms with Crippen LogP contribution in [0.3, 0.4) is 0 Å². The van der Waals surface area contributed by atoms with E-state index in [2.05, 4.69) is 19.2 Å². The lowest BCUT2D eigenvalue weighted by atomic mass is 9.92. The minimum atomic E-state index is 0.575. The first-order valence-electron chi connectivity index (χ1n) is 5.57. The lowest BCUT2D eigenvalue weighted by molar-refractivity contribution is 0.364. The van der Waals surface area contributed by atoms with Gasteiger partial charge in [0.1, 0.15) is 0 Å². The Hall–Kier alpha value is -0.0800. The summed E-state index contributed by atoms with van der Waals surface area (Å²) in [6.45, 7) is 6.72. The van der Waals surface area contributed by atoms with Crippen molar-refractivity contribution in [2.75, 3.05) is 13.1 Å². The SMILES string of the molecule is CC1(C)CCC(NCCCCN)C1. The van der Waals surface area contributed by atoms with Gasteiger partial charge in [-0.25, -0.2) is 0 Å². The molecule has 0 amide bonds. The van der Waals surface area contributed by atoms with Gasteiger partial charge in [0.2, 0.25) is 0 Å². The zero-order chi connectivity index (χ0) is 9.73. The van der Waals surface area contributed by atoms with E-state index >= 15 is 0 Å². The van der Waals surface area contributed by atoms with Crippen LogP contribution in [-0.4, -0.2) is 19.1 Å². The molecule has 0 radical (unpaired) electrons. The first-order chi connectivity index (χ1) is 6.14. The van der Waals surface area contributed by atoms with Gasteiger partial charge in [-0.1, -0.05) is 13.8 Å². The molecule has 2 nitrogen and oxygen atoms in total. The van der Waals surface area contributed by atoms with Crippen molar-refractivity contribution in [2.24, 2.45) is 11.1 Å². The Morgan fingerprint density at radius 3 is 2.69 bits per heavy atom. The molecule has 1 saturated carbocycles. The molecule has 13 heavy (non-hydrogen) atoms. The highest BCUT2D eigenvalue weighted by Crippen LogP contribution is 2.36. The lowest BCUT2D eigenvalue weighted by Crippen LogP contribution is -2.28. The summed E-state index contributed by atoms with van der Waals surface area (Å²) >= 11 is 0. The van der Waals surface area contributed by atoms with E-state index in [1.165, 1.54) is 25.7 Å². The van der Waals surface area contributed by atoms with Crippen LogP contribution in [0.15, 0.2) is 0 Å². The van der Waals surface area contributed by atoms with Crippen LogP contribution >= 0.6 is 0 Å². The summed E-state index contributed by atoms with van der Waals surface area (Å²) in [5, 5.41) is 3.62. The molecule has 0 bridgehead atoms. The lowest BCUT2D eigenvalue weighted by Gasteiger charge is -2.17. The van der Waals surface area contributed by atoms with Crippen LogP contribution in [0.1, 0.15) is 46.0 Å². The molecule has 0 aromatic rings. The predicted molar refractivity (Wildman–Crippen MR) is 57.7 cm³/mol. The number of hydrogen-bond acceptors (Lipinski definition) is 2. The van der Waals surface area contributed by atoms with E-state index in [9.17, 15) is 0 Å². The summed E-state index contributed by atoms with van der Waals surface area (Å²) in [6, 6.07) is 0.771. The Morgan fingerprint density at radius 2 is 2.15 bits per heavy atom. The van der Waals surface area contributed by atoms with Crippen LogP contribution in [0, 0.1) is 5.41 Å². The molecule has 0 aromatic heterocycles. The third-order valence-corrected chi connectivity index (χ3v) is 3.03. The fourth-order valence-electron chi connectivity index (χ4n) is 2.19. The summed E-state index contributed by atoms with van der Waals surface area (Å²) < 4.78 is 0. The number of nitrogens with two attached hydrogens (primary N) is 1. The van der Waals surface area contributed by atoms with Gasteiger partial charge in [-0.3, -0.25) is 0 Å². The second kappa shape index (κ2) is 4.97.